The average Bonchev–Trinajstić information content (AvgIpc) is 2.93. The van der Waals surface area contributed by atoms with Crippen LogP contribution in [0.4, 0.5) is 0 Å². The number of benzene rings is 1. The molecule has 114 valence electrons. The third-order valence-electron chi connectivity index (χ3n) is 3.13. The van der Waals surface area contributed by atoms with Crippen molar-refractivity contribution in [3.8, 4) is 5.75 Å². The van der Waals surface area contributed by atoms with Crippen LogP contribution in [0.15, 0.2) is 45.9 Å². The summed E-state index contributed by atoms with van der Waals surface area (Å²) >= 11 is 1.73. The number of ether oxygens (including phenoxy) is 1. The van der Waals surface area contributed by atoms with Gasteiger partial charge in [0.2, 0.25) is 0 Å². The lowest BCUT2D eigenvalue weighted by Crippen LogP contribution is -2.19. The zero-order valence-electron chi connectivity index (χ0n) is 12.9. The van der Waals surface area contributed by atoms with Gasteiger partial charge >= 0.3 is 0 Å². The summed E-state index contributed by atoms with van der Waals surface area (Å²) in [5.74, 6) is 2.47. The molecule has 0 fully saturated rings. The molecule has 0 atom stereocenters. The van der Waals surface area contributed by atoms with Crippen LogP contribution in [0.1, 0.15) is 25.2 Å². The quantitative estimate of drug-likeness (QED) is 0.736. The number of furan rings is 1. The lowest BCUT2D eigenvalue weighted by Gasteiger charge is -2.09. The molecule has 0 amide bonds. The van der Waals surface area contributed by atoms with Crippen LogP contribution in [0, 0.1) is 5.92 Å². The van der Waals surface area contributed by atoms with Crippen molar-refractivity contribution < 1.29 is 9.15 Å². The molecule has 0 unspecified atom stereocenters. The van der Waals surface area contributed by atoms with Crippen LogP contribution >= 0.6 is 11.8 Å². The Balaban J connectivity index is 1.86. The normalized spacial score (nSPS) is 11.0. The summed E-state index contributed by atoms with van der Waals surface area (Å²) in [5, 5.41) is 3.39. The summed E-state index contributed by atoms with van der Waals surface area (Å²) in [6.07, 6.45) is 3.79. The maximum absolute atomic E-state index is 5.82. The van der Waals surface area contributed by atoms with Crippen molar-refractivity contribution in [2.24, 2.45) is 5.92 Å². The Morgan fingerprint density at radius 2 is 1.95 bits per heavy atom. The van der Waals surface area contributed by atoms with E-state index in [2.05, 4.69) is 37.6 Å². The minimum atomic E-state index is 0.536. The molecule has 0 saturated heterocycles. The van der Waals surface area contributed by atoms with E-state index in [0.717, 1.165) is 30.2 Å². The smallest absolute Gasteiger partial charge is 0.124 e. The lowest BCUT2D eigenvalue weighted by atomic mass is 10.2. The molecule has 0 aliphatic rings. The van der Waals surface area contributed by atoms with E-state index in [9.17, 15) is 0 Å². The summed E-state index contributed by atoms with van der Waals surface area (Å²) in [5.41, 5.74) is 1.10. The Hall–Kier alpha value is -1.39. The molecule has 0 aliphatic carbocycles. The van der Waals surface area contributed by atoms with Gasteiger partial charge < -0.3 is 14.5 Å². The first kappa shape index (κ1) is 16.0. The number of rotatable bonds is 8. The van der Waals surface area contributed by atoms with E-state index in [1.165, 1.54) is 4.90 Å². The molecule has 1 aromatic heterocycles. The van der Waals surface area contributed by atoms with Gasteiger partial charge in [-0.2, -0.15) is 0 Å². The number of nitrogens with one attached hydrogen (secondary N) is 1. The van der Waals surface area contributed by atoms with Gasteiger partial charge in [-0.05, 0) is 49.1 Å². The number of hydrogen-bond donors (Lipinski definition) is 1. The molecule has 0 saturated carbocycles. The fourth-order valence-corrected chi connectivity index (χ4v) is 2.37. The van der Waals surface area contributed by atoms with Crippen LogP contribution < -0.4 is 10.1 Å². The van der Waals surface area contributed by atoms with Gasteiger partial charge in [0.15, 0.2) is 0 Å². The van der Waals surface area contributed by atoms with Crippen LogP contribution in [0.2, 0.25) is 0 Å². The van der Waals surface area contributed by atoms with E-state index in [4.69, 9.17) is 9.15 Å². The highest BCUT2D eigenvalue weighted by Crippen LogP contribution is 2.20. The molecular formula is C17H23NO2S. The molecule has 0 aliphatic heterocycles. The fraction of sp³-hybridized carbons (Fsp3) is 0.412. The molecule has 21 heavy (non-hydrogen) atoms. The summed E-state index contributed by atoms with van der Waals surface area (Å²) in [6, 6.07) is 10.1. The monoisotopic (exact) mass is 305 g/mol. The first-order chi connectivity index (χ1) is 10.2. The molecule has 1 aromatic carbocycles. The molecule has 1 N–H and O–H groups in total. The summed E-state index contributed by atoms with van der Waals surface area (Å²) < 4.78 is 11.3. The van der Waals surface area contributed by atoms with Crippen LogP contribution in [-0.4, -0.2) is 12.8 Å². The topological polar surface area (TPSA) is 34.4 Å². The maximum atomic E-state index is 5.82. The van der Waals surface area contributed by atoms with Crippen molar-refractivity contribution in [3.05, 3.63) is 47.9 Å². The van der Waals surface area contributed by atoms with Gasteiger partial charge in [-0.1, -0.05) is 13.8 Å². The number of hydrogen-bond acceptors (Lipinski definition) is 4. The molecule has 0 bridgehead atoms. The molecule has 1 heterocycles. The Labute approximate surface area is 131 Å². The first-order valence-corrected chi connectivity index (χ1v) is 8.44. The third-order valence-corrected chi connectivity index (χ3v) is 3.87. The SMILES string of the molecule is CSc1ccc(OCc2ccoc2CNCC(C)C)cc1. The second kappa shape index (κ2) is 8.15. The van der Waals surface area contributed by atoms with Gasteiger partial charge in [-0.15, -0.1) is 11.8 Å². The molecule has 2 rings (SSSR count). The predicted octanol–water partition coefficient (Wildman–Crippen LogP) is 4.33. The predicted molar refractivity (Wildman–Crippen MR) is 87.8 cm³/mol. The maximum Gasteiger partial charge on any atom is 0.124 e. The summed E-state index contributed by atoms with van der Waals surface area (Å²) in [6.45, 7) is 6.65. The van der Waals surface area contributed by atoms with Crippen molar-refractivity contribution in [2.45, 2.75) is 31.9 Å². The highest BCUT2D eigenvalue weighted by molar-refractivity contribution is 7.98. The molecule has 0 radical (unpaired) electrons. The highest BCUT2D eigenvalue weighted by atomic mass is 32.2. The van der Waals surface area contributed by atoms with Gasteiger partial charge in [0.05, 0.1) is 12.8 Å². The van der Waals surface area contributed by atoms with Crippen LogP contribution in [0.3, 0.4) is 0 Å². The second-order valence-electron chi connectivity index (χ2n) is 5.36. The zero-order valence-corrected chi connectivity index (χ0v) is 13.7. The Kier molecular flexibility index (Phi) is 6.21. The molecular weight excluding hydrogens is 282 g/mol. The minimum absolute atomic E-state index is 0.536. The van der Waals surface area contributed by atoms with Crippen molar-refractivity contribution in [1.82, 2.24) is 5.32 Å². The zero-order chi connectivity index (χ0) is 15.1. The van der Waals surface area contributed by atoms with Gasteiger partial charge in [-0.25, -0.2) is 0 Å². The largest absolute Gasteiger partial charge is 0.489 e. The van der Waals surface area contributed by atoms with Crippen molar-refractivity contribution in [3.63, 3.8) is 0 Å². The van der Waals surface area contributed by atoms with Gasteiger partial charge in [-0.3, -0.25) is 0 Å². The first-order valence-electron chi connectivity index (χ1n) is 7.22. The van der Waals surface area contributed by atoms with Crippen LogP contribution in [0.5, 0.6) is 5.75 Å². The minimum Gasteiger partial charge on any atom is -0.489 e. The van der Waals surface area contributed by atoms with E-state index in [1.807, 2.05) is 18.2 Å². The third kappa shape index (κ3) is 5.14. The lowest BCUT2D eigenvalue weighted by molar-refractivity contribution is 0.301. The van der Waals surface area contributed by atoms with Gasteiger partial charge in [0.1, 0.15) is 18.1 Å². The Bertz CT molecular complexity index is 534. The van der Waals surface area contributed by atoms with Gasteiger partial charge in [0.25, 0.3) is 0 Å². The highest BCUT2D eigenvalue weighted by Gasteiger charge is 2.07. The Morgan fingerprint density at radius 1 is 1.19 bits per heavy atom. The van der Waals surface area contributed by atoms with Crippen molar-refractivity contribution in [2.75, 3.05) is 12.8 Å². The number of thioether (sulfide) groups is 1. The van der Waals surface area contributed by atoms with E-state index in [0.29, 0.717) is 12.5 Å². The summed E-state index contributed by atoms with van der Waals surface area (Å²) in [7, 11) is 0. The summed E-state index contributed by atoms with van der Waals surface area (Å²) in [4.78, 5) is 1.24. The van der Waals surface area contributed by atoms with E-state index in [1.54, 1.807) is 18.0 Å². The van der Waals surface area contributed by atoms with E-state index < -0.39 is 0 Å². The van der Waals surface area contributed by atoms with Gasteiger partial charge in [0, 0.05) is 10.5 Å². The average molecular weight is 305 g/mol. The molecule has 0 spiro atoms. The van der Waals surface area contributed by atoms with E-state index in [-0.39, 0.29) is 0 Å². The second-order valence-corrected chi connectivity index (χ2v) is 6.24. The molecule has 3 nitrogen and oxygen atoms in total. The van der Waals surface area contributed by atoms with Crippen LogP contribution in [-0.2, 0) is 13.2 Å². The standard InChI is InChI=1S/C17H23NO2S/c1-13(2)10-18-11-17-14(8-9-19-17)12-20-15-4-6-16(21-3)7-5-15/h4-9,13,18H,10-12H2,1-3H3. The molecule has 2 aromatic rings. The van der Waals surface area contributed by atoms with Crippen LogP contribution in [0.25, 0.3) is 0 Å². The molecule has 4 heteroatoms. The van der Waals surface area contributed by atoms with E-state index >= 15 is 0 Å². The van der Waals surface area contributed by atoms with Crippen molar-refractivity contribution >= 4 is 11.8 Å². The Morgan fingerprint density at radius 3 is 2.62 bits per heavy atom. The van der Waals surface area contributed by atoms with Crippen molar-refractivity contribution in [1.29, 1.82) is 0 Å². The fourth-order valence-electron chi connectivity index (χ4n) is 1.96.